The minimum atomic E-state index is -2.89. The molecular formula is C8H9IO2S. The summed E-state index contributed by atoms with van der Waals surface area (Å²) in [4.78, 5) is 0.605. The molecule has 0 N–H and O–H groups in total. The van der Waals surface area contributed by atoms with Crippen LogP contribution in [0.15, 0.2) is 22.6 Å². The summed E-state index contributed by atoms with van der Waals surface area (Å²) in [7, 11) is -2.89. The van der Waals surface area contributed by atoms with Crippen molar-refractivity contribution in [1.82, 2.24) is 0 Å². The average Bonchev–Trinajstić information content (AvgIpc) is 2.28. The molecule has 12 heavy (non-hydrogen) atoms. The Hall–Kier alpha value is 0.160. The minimum Gasteiger partial charge on any atom is -0.224 e. The third-order valence-corrected chi connectivity index (χ3v) is 4.89. The van der Waals surface area contributed by atoms with Gasteiger partial charge in [0.2, 0.25) is 0 Å². The second kappa shape index (κ2) is 2.83. The van der Waals surface area contributed by atoms with E-state index < -0.39 is 9.84 Å². The zero-order valence-corrected chi connectivity index (χ0v) is 9.43. The molecule has 2 rings (SSSR count). The summed E-state index contributed by atoms with van der Waals surface area (Å²) in [5.41, 5.74) is 1.04. The summed E-state index contributed by atoms with van der Waals surface area (Å²) in [6, 6.07) is 0. The van der Waals surface area contributed by atoms with E-state index in [1.807, 2.05) is 6.08 Å². The summed E-state index contributed by atoms with van der Waals surface area (Å²) >= 11 is 2.26. The van der Waals surface area contributed by atoms with Crippen molar-refractivity contribution < 1.29 is 8.42 Å². The highest BCUT2D eigenvalue weighted by Gasteiger charge is 2.31. The van der Waals surface area contributed by atoms with E-state index in [4.69, 9.17) is 0 Å². The molecule has 0 aromatic rings. The third-order valence-electron chi connectivity index (χ3n) is 2.21. The molecule has 0 aromatic heterocycles. The zero-order chi connectivity index (χ0) is 8.77. The van der Waals surface area contributed by atoms with Crippen molar-refractivity contribution in [3.05, 3.63) is 22.6 Å². The molecule has 0 saturated carbocycles. The fraction of sp³-hybridized carbons (Fsp3) is 0.500. The summed E-state index contributed by atoms with van der Waals surface area (Å²) < 4.78 is 23.2. The molecule has 1 heterocycles. The van der Waals surface area contributed by atoms with E-state index in [0.29, 0.717) is 14.6 Å². The predicted octanol–water partition coefficient (Wildman–Crippen LogP) is 1.82. The number of allylic oxidation sites excluding steroid dienone is 3. The summed E-state index contributed by atoms with van der Waals surface area (Å²) in [5.74, 6) is 0.314. The van der Waals surface area contributed by atoms with Crippen LogP contribution in [0.4, 0.5) is 0 Å². The van der Waals surface area contributed by atoms with Crippen molar-refractivity contribution >= 4 is 32.4 Å². The largest absolute Gasteiger partial charge is 0.224 e. The Morgan fingerprint density at radius 2 is 2.25 bits per heavy atom. The zero-order valence-electron chi connectivity index (χ0n) is 6.46. The van der Waals surface area contributed by atoms with Gasteiger partial charge < -0.3 is 0 Å². The van der Waals surface area contributed by atoms with Crippen molar-refractivity contribution in [2.24, 2.45) is 0 Å². The lowest BCUT2D eigenvalue weighted by Gasteiger charge is -2.10. The summed E-state index contributed by atoms with van der Waals surface area (Å²) in [6.07, 6.45) is 5.65. The fourth-order valence-electron chi connectivity index (χ4n) is 1.58. The van der Waals surface area contributed by atoms with Crippen LogP contribution in [0.1, 0.15) is 12.8 Å². The van der Waals surface area contributed by atoms with Gasteiger partial charge in [0.05, 0.1) is 10.7 Å². The van der Waals surface area contributed by atoms with Gasteiger partial charge in [0, 0.05) is 3.92 Å². The maximum Gasteiger partial charge on any atom is 0.178 e. The molecule has 0 spiro atoms. The summed E-state index contributed by atoms with van der Waals surface area (Å²) in [6.45, 7) is 0. The first kappa shape index (κ1) is 8.74. The normalized spacial score (nSPS) is 32.2. The van der Waals surface area contributed by atoms with Gasteiger partial charge in [0.15, 0.2) is 9.84 Å². The molecule has 1 atom stereocenters. The Bertz CT molecular complexity index is 365. The lowest BCUT2D eigenvalue weighted by Crippen LogP contribution is -2.05. The number of hydrogen-bond acceptors (Lipinski definition) is 2. The van der Waals surface area contributed by atoms with E-state index in [-0.39, 0.29) is 0 Å². The molecule has 0 radical (unpaired) electrons. The van der Waals surface area contributed by atoms with Gasteiger partial charge in [-0.3, -0.25) is 0 Å². The standard InChI is InChI=1S/C8H9IO2S/c9-7-2-1-6-3-4-12(10,11)8(6)5-7/h1,5,7H,2-4H2. The van der Waals surface area contributed by atoms with Crippen LogP contribution in [0, 0.1) is 0 Å². The van der Waals surface area contributed by atoms with Crippen molar-refractivity contribution in [1.29, 1.82) is 0 Å². The van der Waals surface area contributed by atoms with Crippen LogP contribution in [0.2, 0.25) is 0 Å². The van der Waals surface area contributed by atoms with Gasteiger partial charge in [0.25, 0.3) is 0 Å². The Kier molecular flexibility index (Phi) is 2.07. The number of halogens is 1. The monoisotopic (exact) mass is 296 g/mol. The number of hydrogen-bond donors (Lipinski definition) is 0. The van der Waals surface area contributed by atoms with E-state index in [1.54, 1.807) is 0 Å². The van der Waals surface area contributed by atoms with Gasteiger partial charge in [-0.05, 0) is 18.4 Å². The second-order valence-corrected chi connectivity index (χ2v) is 6.76. The van der Waals surface area contributed by atoms with Gasteiger partial charge >= 0.3 is 0 Å². The summed E-state index contributed by atoms with van der Waals surface area (Å²) in [5, 5.41) is 0. The van der Waals surface area contributed by atoms with Gasteiger partial charge in [-0.2, -0.15) is 0 Å². The molecule has 66 valence electrons. The van der Waals surface area contributed by atoms with Gasteiger partial charge in [-0.25, -0.2) is 8.42 Å². The van der Waals surface area contributed by atoms with Crippen molar-refractivity contribution in [2.75, 3.05) is 5.75 Å². The van der Waals surface area contributed by atoms with E-state index in [2.05, 4.69) is 28.7 Å². The van der Waals surface area contributed by atoms with Crippen LogP contribution < -0.4 is 0 Å². The lowest BCUT2D eigenvalue weighted by molar-refractivity contribution is 0.605. The van der Waals surface area contributed by atoms with Crippen LogP contribution in [-0.2, 0) is 9.84 Å². The Morgan fingerprint density at radius 3 is 3.00 bits per heavy atom. The molecule has 0 bridgehead atoms. The minimum absolute atomic E-state index is 0.314. The van der Waals surface area contributed by atoms with Gasteiger partial charge in [-0.1, -0.05) is 34.7 Å². The SMILES string of the molecule is O=S1(=O)CCC2=CCC(I)C=C21. The lowest BCUT2D eigenvalue weighted by atomic mass is 10.1. The fourth-order valence-corrected chi connectivity index (χ4v) is 4.10. The quantitative estimate of drug-likeness (QED) is 0.505. The molecule has 1 aliphatic heterocycles. The van der Waals surface area contributed by atoms with Crippen molar-refractivity contribution in [2.45, 2.75) is 16.8 Å². The van der Waals surface area contributed by atoms with Gasteiger partial charge in [-0.15, -0.1) is 0 Å². The first-order valence-corrected chi connectivity index (χ1v) is 6.77. The highest BCUT2D eigenvalue weighted by atomic mass is 127. The highest BCUT2D eigenvalue weighted by molar-refractivity contribution is 14.1. The first-order valence-electron chi connectivity index (χ1n) is 3.88. The third kappa shape index (κ3) is 1.35. The molecule has 1 saturated heterocycles. The van der Waals surface area contributed by atoms with E-state index in [1.165, 1.54) is 0 Å². The smallest absolute Gasteiger partial charge is 0.178 e. The highest BCUT2D eigenvalue weighted by Crippen LogP contribution is 2.35. The maximum absolute atomic E-state index is 11.4. The molecule has 1 aliphatic carbocycles. The van der Waals surface area contributed by atoms with Crippen LogP contribution in [0.25, 0.3) is 0 Å². The van der Waals surface area contributed by atoms with Crippen LogP contribution >= 0.6 is 22.6 Å². The van der Waals surface area contributed by atoms with E-state index in [0.717, 1.165) is 18.4 Å². The van der Waals surface area contributed by atoms with Crippen LogP contribution in [0.3, 0.4) is 0 Å². The molecule has 4 heteroatoms. The van der Waals surface area contributed by atoms with E-state index in [9.17, 15) is 8.42 Å². The van der Waals surface area contributed by atoms with Crippen LogP contribution in [-0.4, -0.2) is 18.1 Å². The van der Waals surface area contributed by atoms with Gasteiger partial charge in [0.1, 0.15) is 0 Å². The second-order valence-electron chi connectivity index (χ2n) is 3.08. The molecule has 2 aliphatic rings. The molecule has 0 aromatic carbocycles. The molecule has 1 unspecified atom stereocenters. The maximum atomic E-state index is 11.4. The number of sulfone groups is 1. The average molecular weight is 296 g/mol. The number of fused-ring (bicyclic) bond motifs is 1. The van der Waals surface area contributed by atoms with Crippen molar-refractivity contribution in [3.63, 3.8) is 0 Å². The Balaban J connectivity index is 2.51. The predicted molar refractivity (Wildman–Crippen MR) is 57.0 cm³/mol. The first-order chi connectivity index (χ1) is 5.59. The molecular weight excluding hydrogens is 287 g/mol. The number of rotatable bonds is 0. The van der Waals surface area contributed by atoms with E-state index >= 15 is 0 Å². The van der Waals surface area contributed by atoms with Crippen molar-refractivity contribution in [3.8, 4) is 0 Å². The number of alkyl halides is 1. The molecule has 1 fully saturated rings. The topological polar surface area (TPSA) is 34.1 Å². The molecule has 0 amide bonds. The molecule has 2 nitrogen and oxygen atoms in total. The Morgan fingerprint density at radius 1 is 1.50 bits per heavy atom. The Labute approximate surface area is 85.8 Å². The van der Waals surface area contributed by atoms with Crippen LogP contribution in [0.5, 0.6) is 0 Å².